The fraction of sp³-hybridized carbons (Fsp3) is 0.500. The van der Waals surface area contributed by atoms with Crippen LogP contribution < -0.4 is 5.73 Å². The Hall–Kier alpha value is -1.39. The highest BCUT2D eigenvalue weighted by atomic mass is 16.5. The van der Waals surface area contributed by atoms with E-state index in [1.807, 2.05) is 24.3 Å². The summed E-state index contributed by atoms with van der Waals surface area (Å²) < 4.78 is 11.3. The third-order valence-corrected chi connectivity index (χ3v) is 3.14. The number of benzene rings is 1. The van der Waals surface area contributed by atoms with E-state index in [0.717, 1.165) is 30.6 Å². The minimum atomic E-state index is 0.0862. The lowest BCUT2D eigenvalue weighted by Crippen LogP contribution is -2.24. The van der Waals surface area contributed by atoms with Crippen molar-refractivity contribution in [2.75, 3.05) is 13.2 Å². The predicted octanol–water partition coefficient (Wildman–Crippen LogP) is 2.06. The number of ether oxygens (including phenoxy) is 2. The van der Waals surface area contributed by atoms with Crippen LogP contribution in [0.25, 0.3) is 0 Å². The summed E-state index contributed by atoms with van der Waals surface area (Å²) in [5.74, 6) is 0.0862. The molecule has 1 aromatic rings. The zero-order valence-electron chi connectivity index (χ0n) is 10.5. The second-order valence-corrected chi connectivity index (χ2v) is 4.57. The fourth-order valence-electron chi connectivity index (χ4n) is 2.15. The number of nitrogen functional groups attached to an aromatic ring is 1. The number of hydrogen-bond donors (Lipinski definition) is 2. The molecule has 0 spiro atoms. The van der Waals surface area contributed by atoms with Gasteiger partial charge in [0, 0.05) is 12.2 Å². The van der Waals surface area contributed by atoms with Gasteiger partial charge < -0.3 is 15.2 Å². The van der Waals surface area contributed by atoms with Gasteiger partial charge in [-0.05, 0) is 24.8 Å². The van der Waals surface area contributed by atoms with Crippen LogP contribution in [0.5, 0.6) is 0 Å². The van der Waals surface area contributed by atoms with Gasteiger partial charge in [-0.25, -0.2) is 0 Å². The highest BCUT2D eigenvalue weighted by Crippen LogP contribution is 2.14. The zero-order valence-corrected chi connectivity index (χ0v) is 10.5. The Balaban J connectivity index is 1.84. The molecule has 0 aliphatic carbocycles. The highest BCUT2D eigenvalue weighted by Gasteiger charge is 2.14. The summed E-state index contributed by atoms with van der Waals surface area (Å²) in [5, 5.41) is 7.51. The molecule has 3 N–H and O–H groups in total. The summed E-state index contributed by atoms with van der Waals surface area (Å²) in [7, 11) is 0. The van der Waals surface area contributed by atoms with E-state index >= 15 is 0 Å². The van der Waals surface area contributed by atoms with E-state index in [4.69, 9.17) is 20.6 Å². The Labute approximate surface area is 108 Å². The Bertz CT molecular complexity index is 401. The predicted molar refractivity (Wildman–Crippen MR) is 70.7 cm³/mol. The second kappa shape index (κ2) is 6.52. The van der Waals surface area contributed by atoms with Gasteiger partial charge in [0.25, 0.3) is 0 Å². The Morgan fingerprint density at radius 1 is 1.39 bits per heavy atom. The first-order valence-corrected chi connectivity index (χ1v) is 6.39. The lowest BCUT2D eigenvalue weighted by Gasteiger charge is -2.22. The molecular weight excluding hydrogens is 228 g/mol. The van der Waals surface area contributed by atoms with E-state index in [0.29, 0.717) is 13.2 Å². The topological polar surface area (TPSA) is 68.3 Å². The lowest BCUT2D eigenvalue weighted by molar-refractivity contribution is -0.0447. The molecule has 0 saturated carbocycles. The molecule has 2 rings (SSSR count). The van der Waals surface area contributed by atoms with E-state index in [1.54, 1.807) is 0 Å². The SMILES string of the molecule is N=C(N)c1ccccc1COCC1CCCCO1. The first-order valence-electron chi connectivity index (χ1n) is 6.39. The average Bonchev–Trinajstić information content (AvgIpc) is 2.40. The molecule has 0 aromatic heterocycles. The third kappa shape index (κ3) is 3.55. The molecule has 1 heterocycles. The molecule has 1 aromatic carbocycles. The molecule has 1 fully saturated rings. The molecule has 1 atom stereocenters. The van der Waals surface area contributed by atoms with Crippen molar-refractivity contribution >= 4 is 5.84 Å². The van der Waals surface area contributed by atoms with Crippen LogP contribution in [0.15, 0.2) is 24.3 Å². The van der Waals surface area contributed by atoms with Crippen LogP contribution in [0.3, 0.4) is 0 Å². The quantitative estimate of drug-likeness (QED) is 0.619. The van der Waals surface area contributed by atoms with Gasteiger partial charge in [0.05, 0.1) is 19.3 Å². The van der Waals surface area contributed by atoms with Crippen LogP contribution in [-0.2, 0) is 16.1 Å². The number of hydrogen-bond acceptors (Lipinski definition) is 3. The average molecular weight is 248 g/mol. The van der Waals surface area contributed by atoms with Gasteiger partial charge in [0.2, 0.25) is 0 Å². The Morgan fingerprint density at radius 3 is 2.94 bits per heavy atom. The van der Waals surface area contributed by atoms with Gasteiger partial charge in [-0.2, -0.15) is 0 Å². The summed E-state index contributed by atoms with van der Waals surface area (Å²) in [6, 6.07) is 7.60. The van der Waals surface area contributed by atoms with Crippen molar-refractivity contribution in [2.45, 2.75) is 32.0 Å². The van der Waals surface area contributed by atoms with Crippen molar-refractivity contribution in [3.63, 3.8) is 0 Å². The molecule has 4 nitrogen and oxygen atoms in total. The smallest absolute Gasteiger partial charge is 0.123 e. The van der Waals surface area contributed by atoms with Crippen molar-refractivity contribution in [3.05, 3.63) is 35.4 Å². The molecule has 1 unspecified atom stereocenters. The molecule has 0 amide bonds. The molecule has 18 heavy (non-hydrogen) atoms. The van der Waals surface area contributed by atoms with E-state index in [9.17, 15) is 0 Å². The van der Waals surface area contributed by atoms with Gasteiger partial charge in [-0.3, -0.25) is 5.41 Å². The van der Waals surface area contributed by atoms with Crippen molar-refractivity contribution in [1.29, 1.82) is 5.41 Å². The third-order valence-electron chi connectivity index (χ3n) is 3.14. The van der Waals surface area contributed by atoms with Crippen LogP contribution in [0.2, 0.25) is 0 Å². The maximum absolute atomic E-state index is 7.51. The minimum absolute atomic E-state index is 0.0862. The van der Waals surface area contributed by atoms with Crippen LogP contribution in [-0.4, -0.2) is 25.2 Å². The lowest BCUT2D eigenvalue weighted by atomic mass is 10.1. The maximum Gasteiger partial charge on any atom is 0.123 e. The van der Waals surface area contributed by atoms with Gasteiger partial charge in [0.15, 0.2) is 0 Å². The molecule has 1 saturated heterocycles. The first kappa shape index (κ1) is 13.1. The van der Waals surface area contributed by atoms with Gasteiger partial charge in [-0.1, -0.05) is 24.3 Å². The summed E-state index contributed by atoms with van der Waals surface area (Å²) in [6.45, 7) is 1.94. The number of amidine groups is 1. The maximum atomic E-state index is 7.51. The second-order valence-electron chi connectivity index (χ2n) is 4.57. The Kier molecular flexibility index (Phi) is 4.73. The molecule has 98 valence electrons. The number of nitrogens with one attached hydrogen (secondary N) is 1. The molecule has 0 radical (unpaired) electrons. The van der Waals surface area contributed by atoms with Crippen molar-refractivity contribution in [2.24, 2.45) is 5.73 Å². The van der Waals surface area contributed by atoms with Crippen molar-refractivity contribution in [3.8, 4) is 0 Å². The van der Waals surface area contributed by atoms with E-state index in [2.05, 4.69) is 0 Å². The molecule has 4 heteroatoms. The van der Waals surface area contributed by atoms with E-state index < -0.39 is 0 Å². The van der Waals surface area contributed by atoms with Crippen LogP contribution in [0.1, 0.15) is 30.4 Å². The minimum Gasteiger partial charge on any atom is -0.384 e. The standard InChI is InChI=1S/C14H20N2O2/c15-14(16)13-7-2-1-5-11(13)9-17-10-12-6-3-4-8-18-12/h1-2,5,7,12H,3-4,6,8-10H2,(H3,15,16). The normalized spacial score (nSPS) is 19.7. The highest BCUT2D eigenvalue weighted by molar-refractivity contribution is 5.96. The van der Waals surface area contributed by atoms with Crippen molar-refractivity contribution < 1.29 is 9.47 Å². The van der Waals surface area contributed by atoms with E-state index in [1.165, 1.54) is 6.42 Å². The summed E-state index contributed by atoms with van der Waals surface area (Å²) >= 11 is 0. The largest absolute Gasteiger partial charge is 0.384 e. The monoisotopic (exact) mass is 248 g/mol. The number of nitrogens with two attached hydrogens (primary N) is 1. The first-order chi connectivity index (χ1) is 8.77. The molecule has 1 aliphatic rings. The number of rotatable bonds is 5. The molecule has 1 aliphatic heterocycles. The van der Waals surface area contributed by atoms with E-state index in [-0.39, 0.29) is 11.9 Å². The summed E-state index contributed by atoms with van der Waals surface area (Å²) in [4.78, 5) is 0. The fourth-order valence-corrected chi connectivity index (χ4v) is 2.15. The zero-order chi connectivity index (χ0) is 12.8. The summed E-state index contributed by atoms with van der Waals surface area (Å²) in [5.41, 5.74) is 7.24. The van der Waals surface area contributed by atoms with Crippen molar-refractivity contribution in [1.82, 2.24) is 0 Å². The van der Waals surface area contributed by atoms with Gasteiger partial charge in [0.1, 0.15) is 5.84 Å². The van der Waals surface area contributed by atoms with Crippen LogP contribution in [0.4, 0.5) is 0 Å². The summed E-state index contributed by atoms with van der Waals surface area (Å²) in [6.07, 6.45) is 3.68. The Morgan fingerprint density at radius 2 is 2.22 bits per heavy atom. The molecule has 0 bridgehead atoms. The molecular formula is C14H20N2O2. The van der Waals surface area contributed by atoms with Gasteiger partial charge in [-0.15, -0.1) is 0 Å². The van der Waals surface area contributed by atoms with Crippen LogP contribution in [0, 0.1) is 5.41 Å². The van der Waals surface area contributed by atoms with Gasteiger partial charge >= 0.3 is 0 Å². The van der Waals surface area contributed by atoms with Crippen LogP contribution >= 0.6 is 0 Å².